The number of methoxy groups -OCH3 is 1. The maximum absolute atomic E-state index is 11.2. The van der Waals surface area contributed by atoms with Crippen molar-refractivity contribution in [3.05, 3.63) is 12.2 Å². The molecule has 16 heavy (non-hydrogen) atoms. The second-order valence-corrected chi connectivity index (χ2v) is 3.41. The van der Waals surface area contributed by atoms with Gasteiger partial charge in [-0.15, -0.1) is 0 Å². The molecule has 0 saturated heterocycles. The highest BCUT2D eigenvalue weighted by Crippen LogP contribution is 1.86. The number of rotatable bonds is 10. The van der Waals surface area contributed by atoms with Crippen molar-refractivity contribution >= 4 is 5.91 Å². The number of hydrogen-bond donors (Lipinski definition) is 1. The zero-order valence-corrected chi connectivity index (χ0v) is 10.1. The van der Waals surface area contributed by atoms with Crippen LogP contribution in [0.3, 0.4) is 0 Å². The minimum Gasteiger partial charge on any atom is -0.382 e. The van der Waals surface area contributed by atoms with E-state index in [2.05, 4.69) is 11.9 Å². The number of nitrogens with one attached hydrogen (secondary N) is 1. The van der Waals surface area contributed by atoms with E-state index in [9.17, 15) is 4.79 Å². The Bertz CT molecular complexity index is 206. The van der Waals surface area contributed by atoms with Crippen molar-refractivity contribution in [2.75, 3.05) is 46.7 Å². The van der Waals surface area contributed by atoms with Crippen LogP contribution < -0.4 is 5.32 Å². The topological polar surface area (TPSA) is 56.8 Å². The number of carbonyl (C=O) groups excluding carboxylic acids is 1. The van der Waals surface area contributed by atoms with Crippen LogP contribution in [0.5, 0.6) is 0 Å². The first-order chi connectivity index (χ1) is 7.66. The van der Waals surface area contributed by atoms with Crippen LogP contribution in [-0.2, 0) is 19.0 Å². The van der Waals surface area contributed by atoms with Gasteiger partial charge < -0.3 is 19.5 Å². The predicted molar refractivity (Wildman–Crippen MR) is 61.3 cm³/mol. The summed E-state index contributed by atoms with van der Waals surface area (Å²) in [6, 6.07) is 0. The Hall–Kier alpha value is -0.910. The Morgan fingerprint density at radius 1 is 1.19 bits per heavy atom. The molecule has 0 aliphatic heterocycles. The van der Waals surface area contributed by atoms with E-state index >= 15 is 0 Å². The number of amides is 1. The smallest absolute Gasteiger partial charge is 0.246 e. The van der Waals surface area contributed by atoms with Gasteiger partial charge in [-0.3, -0.25) is 4.79 Å². The van der Waals surface area contributed by atoms with Gasteiger partial charge in [0.1, 0.15) is 6.61 Å². The molecule has 0 unspecified atom stereocenters. The Morgan fingerprint density at radius 3 is 2.50 bits per heavy atom. The first-order valence-corrected chi connectivity index (χ1v) is 5.22. The largest absolute Gasteiger partial charge is 0.382 e. The van der Waals surface area contributed by atoms with Crippen molar-refractivity contribution in [2.45, 2.75) is 6.92 Å². The summed E-state index contributed by atoms with van der Waals surface area (Å²) in [5, 5.41) is 2.67. The Labute approximate surface area is 96.8 Å². The average molecular weight is 231 g/mol. The summed E-state index contributed by atoms with van der Waals surface area (Å²) in [7, 11) is 1.59. The molecule has 0 aliphatic rings. The molecule has 0 heterocycles. The highest BCUT2D eigenvalue weighted by Gasteiger charge is 1.99. The first-order valence-electron chi connectivity index (χ1n) is 5.22. The molecule has 0 aliphatic carbocycles. The van der Waals surface area contributed by atoms with Crippen molar-refractivity contribution in [3.63, 3.8) is 0 Å². The summed E-state index contributed by atoms with van der Waals surface area (Å²) < 4.78 is 15.0. The van der Waals surface area contributed by atoms with Crippen LogP contribution >= 0.6 is 0 Å². The maximum Gasteiger partial charge on any atom is 0.246 e. The van der Waals surface area contributed by atoms with E-state index in [0.717, 1.165) is 5.57 Å². The fourth-order valence-electron chi connectivity index (χ4n) is 0.867. The molecule has 0 atom stereocenters. The summed E-state index contributed by atoms with van der Waals surface area (Å²) in [4.78, 5) is 11.2. The van der Waals surface area contributed by atoms with Gasteiger partial charge >= 0.3 is 0 Å². The van der Waals surface area contributed by atoms with Crippen LogP contribution in [0, 0.1) is 0 Å². The van der Waals surface area contributed by atoms with Crippen LogP contribution in [-0.4, -0.2) is 52.6 Å². The van der Waals surface area contributed by atoms with Crippen LogP contribution in [0.25, 0.3) is 0 Å². The Balaban J connectivity index is 3.20. The molecular formula is C11H21NO4. The molecule has 94 valence electrons. The Morgan fingerprint density at radius 2 is 1.88 bits per heavy atom. The zero-order chi connectivity index (χ0) is 12.2. The minimum absolute atomic E-state index is 0.0594. The van der Waals surface area contributed by atoms with Crippen molar-refractivity contribution < 1.29 is 19.0 Å². The monoisotopic (exact) mass is 231 g/mol. The molecule has 0 aromatic heterocycles. The van der Waals surface area contributed by atoms with Crippen LogP contribution in [0.2, 0.25) is 0 Å². The van der Waals surface area contributed by atoms with Gasteiger partial charge in [0.2, 0.25) is 5.91 Å². The molecule has 0 radical (unpaired) electrons. The molecule has 0 aromatic rings. The van der Waals surface area contributed by atoms with Gasteiger partial charge in [0.15, 0.2) is 0 Å². The van der Waals surface area contributed by atoms with Crippen molar-refractivity contribution in [1.82, 2.24) is 5.32 Å². The molecule has 1 N–H and O–H groups in total. The SMILES string of the molecule is C=C(C)COCCNC(=O)COCCOC. The minimum atomic E-state index is -0.143. The summed E-state index contributed by atoms with van der Waals surface area (Å²) in [5.41, 5.74) is 0.967. The van der Waals surface area contributed by atoms with E-state index in [-0.39, 0.29) is 12.5 Å². The number of ether oxygens (including phenoxy) is 3. The average Bonchev–Trinajstić information content (AvgIpc) is 2.23. The summed E-state index contributed by atoms with van der Waals surface area (Å²) in [6.07, 6.45) is 0. The van der Waals surface area contributed by atoms with Gasteiger partial charge in [0.05, 0.1) is 26.4 Å². The highest BCUT2D eigenvalue weighted by molar-refractivity contribution is 5.77. The number of carbonyl (C=O) groups is 1. The second kappa shape index (κ2) is 10.6. The molecule has 0 bridgehead atoms. The van der Waals surface area contributed by atoms with E-state index in [1.807, 2.05) is 6.92 Å². The van der Waals surface area contributed by atoms with Gasteiger partial charge in [0, 0.05) is 13.7 Å². The third-order valence-corrected chi connectivity index (χ3v) is 1.58. The van der Waals surface area contributed by atoms with Crippen LogP contribution in [0.4, 0.5) is 0 Å². The molecule has 0 saturated carbocycles. The summed E-state index contributed by atoms with van der Waals surface area (Å²) >= 11 is 0. The molecule has 5 nitrogen and oxygen atoms in total. The molecule has 0 fully saturated rings. The quantitative estimate of drug-likeness (QED) is 0.435. The fourth-order valence-corrected chi connectivity index (χ4v) is 0.867. The molecule has 1 amide bonds. The predicted octanol–water partition coefficient (Wildman–Crippen LogP) is 0.358. The molecule has 5 heteroatoms. The van der Waals surface area contributed by atoms with Gasteiger partial charge in [0.25, 0.3) is 0 Å². The van der Waals surface area contributed by atoms with E-state index in [4.69, 9.17) is 14.2 Å². The molecular weight excluding hydrogens is 210 g/mol. The van der Waals surface area contributed by atoms with E-state index in [1.54, 1.807) is 7.11 Å². The van der Waals surface area contributed by atoms with Crippen LogP contribution in [0.15, 0.2) is 12.2 Å². The van der Waals surface area contributed by atoms with Crippen molar-refractivity contribution in [1.29, 1.82) is 0 Å². The lowest BCUT2D eigenvalue weighted by Crippen LogP contribution is -2.31. The summed E-state index contributed by atoms with van der Waals surface area (Å²) in [6.45, 7) is 8.07. The normalized spacial score (nSPS) is 10.1. The third kappa shape index (κ3) is 11.2. The second-order valence-electron chi connectivity index (χ2n) is 3.41. The Kier molecular flexibility index (Phi) is 10.00. The fraction of sp³-hybridized carbons (Fsp3) is 0.727. The lowest BCUT2D eigenvalue weighted by molar-refractivity contribution is -0.126. The van der Waals surface area contributed by atoms with E-state index in [1.165, 1.54) is 0 Å². The van der Waals surface area contributed by atoms with Gasteiger partial charge in [-0.05, 0) is 6.92 Å². The third-order valence-electron chi connectivity index (χ3n) is 1.58. The van der Waals surface area contributed by atoms with E-state index < -0.39 is 0 Å². The molecule has 0 spiro atoms. The van der Waals surface area contributed by atoms with Crippen LogP contribution in [0.1, 0.15) is 6.92 Å². The maximum atomic E-state index is 11.2. The highest BCUT2D eigenvalue weighted by atomic mass is 16.5. The molecule has 0 aromatic carbocycles. The van der Waals surface area contributed by atoms with Gasteiger partial charge in [-0.2, -0.15) is 0 Å². The lowest BCUT2D eigenvalue weighted by Gasteiger charge is -2.06. The zero-order valence-electron chi connectivity index (χ0n) is 10.1. The van der Waals surface area contributed by atoms with E-state index in [0.29, 0.717) is 33.0 Å². The van der Waals surface area contributed by atoms with Gasteiger partial charge in [-0.1, -0.05) is 12.2 Å². The first kappa shape index (κ1) is 15.1. The molecule has 0 rings (SSSR count). The van der Waals surface area contributed by atoms with Crippen molar-refractivity contribution in [3.8, 4) is 0 Å². The van der Waals surface area contributed by atoms with Crippen molar-refractivity contribution in [2.24, 2.45) is 0 Å². The van der Waals surface area contributed by atoms with Gasteiger partial charge in [-0.25, -0.2) is 0 Å². The standard InChI is InChI=1S/C11H21NO4/c1-10(2)8-15-5-4-12-11(13)9-16-7-6-14-3/h1,4-9H2,2-3H3,(H,12,13). The lowest BCUT2D eigenvalue weighted by atomic mass is 10.4. The summed E-state index contributed by atoms with van der Waals surface area (Å²) in [5.74, 6) is -0.143. The number of hydrogen-bond acceptors (Lipinski definition) is 4.